The normalized spacial score (nSPS) is 37.5. The number of amides is 1. The van der Waals surface area contributed by atoms with Gasteiger partial charge in [0.15, 0.2) is 0 Å². The molecular weight excluding hydrogens is 298 g/mol. The molecule has 0 aromatic heterocycles. The van der Waals surface area contributed by atoms with Crippen LogP contribution >= 0.6 is 0 Å². The molecule has 3 nitrogen and oxygen atoms in total. The number of rotatable bonds is 4. The highest BCUT2D eigenvalue weighted by Crippen LogP contribution is 2.57. The van der Waals surface area contributed by atoms with Crippen LogP contribution in [0.5, 0.6) is 0 Å². The summed E-state index contributed by atoms with van der Waals surface area (Å²) in [5.41, 5.74) is 0.696. The maximum atomic E-state index is 13.1. The van der Waals surface area contributed by atoms with Gasteiger partial charge in [-0.2, -0.15) is 0 Å². The Morgan fingerprint density at radius 3 is 2.33 bits per heavy atom. The first kappa shape index (κ1) is 16.1. The quantitative estimate of drug-likeness (QED) is 0.916. The summed E-state index contributed by atoms with van der Waals surface area (Å²) in [6.07, 6.45) is 5.99. The Balaban J connectivity index is 1.51. The van der Waals surface area contributed by atoms with Crippen molar-refractivity contribution in [3.05, 3.63) is 35.9 Å². The van der Waals surface area contributed by atoms with E-state index in [-0.39, 0.29) is 11.5 Å². The molecule has 0 spiro atoms. The van der Waals surface area contributed by atoms with Gasteiger partial charge in [0.05, 0.1) is 11.0 Å². The van der Waals surface area contributed by atoms with Crippen LogP contribution in [0.4, 0.5) is 0 Å². The predicted molar refractivity (Wildman–Crippen MR) is 94.7 cm³/mol. The zero-order chi connectivity index (χ0) is 16.9. The minimum absolute atomic E-state index is 0.104. The molecule has 1 amide bonds. The molecule has 3 heteroatoms. The monoisotopic (exact) mass is 327 g/mol. The molecule has 24 heavy (non-hydrogen) atoms. The van der Waals surface area contributed by atoms with Gasteiger partial charge in [0, 0.05) is 13.2 Å². The molecule has 1 aromatic carbocycles. The predicted octanol–water partition coefficient (Wildman–Crippen LogP) is 3.67. The molecule has 4 bridgehead atoms. The molecule has 5 rings (SSSR count). The molecule has 4 aliphatic rings. The minimum atomic E-state index is -0.491. The third kappa shape index (κ3) is 2.48. The van der Waals surface area contributed by atoms with E-state index in [4.69, 9.17) is 4.74 Å². The lowest BCUT2D eigenvalue weighted by molar-refractivity contribution is -0.161. The first-order valence-corrected chi connectivity index (χ1v) is 9.35. The topological polar surface area (TPSA) is 38.3 Å². The third-order valence-electron chi connectivity index (χ3n) is 7.01. The van der Waals surface area contributed by atoms with Gasteiger partial charge in [0.25, 0.3) is 0 Å². The smallest absolute Gasteiger partial charge is 0.230 e. The van der Waals surface area contributed by atoms with E-state index in [0.717, 1.165) is 24.3 Å². The third-order valence-corrected chi connectivity index (χ3v) is 7.01. The van der Waals surface area contributed by atoms with E-state index in [9.17, 15) is 4.79 Å². The van der Waals surface area contributed by atoms with Crippen molar-refractivity contribution in [1.82, 2.24) is 5.32 Å². The van der Waals surface area contributed by atoms with Crippen molar-refractivity contribution in [2.45, 2.75) is 63.0 Å². The zero-order valence-corrected chi connectivity index (χ0v) is 15.0. The summed E-state index contributed by atoms with van der Waals surface area (Å²) in [6, 6.07) is 10.5. The summed E-state index contributed by atoms with van der Waals surface area (Å²) in [6.45, 7) is 4.06. The summed E-state index contributed by atoms with van der Waals surface area (Å²) < 4.78 is 5.93. The zero-order valence-electron chi connectivity index (χ0n) is 15.0. The van der Waals surface area contributed by atoms with Gasteiger partial charge in [-0.3, -0.25) is 4.79 Å². The van der Waals surface area contributed by atoms with Crippen molar-refractivity contribution >= 4 is 5.91 Å². The fourth-order valence-corrected chi connectivity index (χ4v) is 5.75. The number of hydrogen-bond acceptors (Lipinski definition) is 2. The molecule has 0 radical (unpaired) electrons. The van der Waals surface area contributed by atoms with Crippen molar-refractivity contribution < 1.29 is 9.53 Å². The highest BCUT2D eigenvalue weighted by atomic mass is 16.5. The molecule has 0 heterocycles. The molecule has 4 aliphatic carbocycles. The van der Waals surface area contributed by atoms with Gasteiger partial charge in [-0.05, 0) is 69.3 Å². The second kappa shape index (κ2) is 5.59. The minimum Gasteiger partial charge on any atom is -0.378 e. The van der Waals surface area contributed by atoms with E-state index >= 15 is 0 Å². The largest absolute Gasteiger partial charge is 0.378 e. The molecular formula is C21H29NO2. The Labute approximate surface area is 145 Å². The Morgan fingerprint density at radius 1 is 1.12 bits per heavy atom. The lowest BCUT2D eigenvalue weighted by atomic mass is 9.52. The fraction of sp³-hybridized carbons (Fsp3) is 0.667. The Hall–Kier alpha value is -1.35. The Bertz CT molecular complexity index is 608. The van der Waals surface area contributed by atoms with Crippen molar-refractivity contribution in [3.63, 3.8) is 0 Å². The standard InChI is InChI=1S/C21H29NO2/c1-20(2,17-7-5-4-6-8-17)19(23)22-18-15-9-14-10-16(18)13-21(11-14,12-15)24-3/h4-8,14-16,18H,9-13H2,1-3H3,(H,22,23)/t14-,15-,16-,18-,21-/m1/s1. The summed E-state index contributed by atoms with van der Waals surface area (Å²) in [5, 5.41) is 3.45. The van der Waals surface area contributed by atoms with Gasteiger partial charge < -0.3 is 10.1 Å². The first-order chi connectivity index (χ1) is 11.4. The number of methoxy groups -OCH3 is 1. The van der Waals surface area contributed by atoms with Crippen LogP contribution in [0.15, 0.2) is 30.3 Å². The number of carbonyl (C=O) groups excluding carboxylic acids is 1. The van der Waals surface area contributed by atoms with Gasteiger partial charge in [-0.1, -0.05) is 30.3 Å². The van der Waals surface area contributed by atoms with Crippen molar-refractivity contribution in [1.29, 1.82) is 0 Å². The number of nitrogens with one attached hydrogen (secondary N) is 1. The van der Waals surface area contributed by atoms with E-state index < -0.39 is 5.41 Å². The average Bonchev–Trinajstić information content (AvgIpc) is 2.58. The van der Waals surface area contributed by atoms with E-state index in [0.29, 0.717) is 17.9 Å². The Morgan fingerprint density at radius 2 is 1.75 bits per heavy atom. The van der Waals surface area contributed by atoms with Crippen LogP contribution in [-0.2, 0) is 14.9 Å². The molecule has 2 atom stereocenters. The molecule has 1 aromatic rings. The molecule has 0 aliphatic heterocycles. The van der Waals surface area contributed by atoms with Gasteiger partial charge >= 0.3 is 0 Å². The lowest BCUT2D eigenvalue weighted by Crippen LogP contribution is -2.63. The molecule has 130 valence electrons. The highest BCUT2D eigenvalue weighted by Gasteiger charge is 2.56. The fourth-order valence-electron chi connectivity index (χ4n) is 5.75. The van der Waals surface area contributed by atoms with E-state index in [1.807, 2.05) is 39.2 Å². The van der Waals surface area contributed by atoms with Crippen LogP contribution in [0.1, 0.15) is 51.5 Å². The summed E-state index contributed by atoms with van der Waals surface area (Å²) in [7, 11) is 1.87. The number of carbonyl (C=O) groups is 1. The van der Waals surface area contributed by atoms with Crippen molar-refractivity contribution in [3.8, 4) is 0 Å². The molecule has 1 N–H and O–H groups in total. The highest BCUT2D eigenvalue weighted by molar-refractivity contribution is 5.87. The first-order valence-electron chi connectivity index (χ1n) is 9.35. The summed E-state index contributed by atoms with van der Waals surface area (Å²) >= 11 is 0. The molecule has 4 saturated carbocycles. The maximum absolute atomic E-state index is 13.1. The SMILES string of the molecule is CO[C@]12C[C@H]3C[C@H](C[C@H](C1)[C@@H]3NC(=O)C(C)(C)c1ccccc1)C2. The van der Waals surface area contributed by atoms with Gasteiger partial charge in [-0.25, -0.2) is 0 Å². The number of hydrogen-bond donors (Lipinski definition) is 1. The number of benzene rings is 1. The van der Waals surface area contributed by atoms with Gasteiger partial charge in [0.1, 0.15) is 0 Å². The Kier molecular flexibility index (Phi) is 3.76. The van der Waals surface area contributed by atoms with Crippen LogP contribution in [0.25, 0.3) is 0 Å². The van der Waals surface area contributed by atoms with E-state index in [1.165, 1.54) is 19.3 Å². The molecule has 4 fully saturated rings. The average molecular weight is 327 g/mol. The van der Waals surface area contributed by atoms with Crippen LogP contribution in [0.2, 0.25) is 0 Å². The number of ether oxygens (including phenoxy) is 1. The lowest BCUT2D eigenvalue weighted by Gasteiger charge is -2.59. The second-order valence-electron chi connectivity index (χ2n) is 8.85. The van der Waals surface area contributed by atoms with Crippen molar-refractivity contribution in [2.24, 2.45) is 17.8 Å². The molecule has 0 unspecified atom stereocenters. The van der Waals surface area contributed by atoms with Gasteiger partial charge in [-0.15, -0.1) is 0 Å². The summed E-state index contributed by atoms with van der Waals surface area (Å²) in [5.74, 6) is 2.15. The maximum Gasteiger partial charge on any atom is 0.230 e. The van der Waals surface area contributed by atoms with E-state index in [1.54, 1.807) is 0 Å². The second-order valence-corrected chi connectivity index (χ2v) is 8.85. The van der Waals surface area contributed by atoms with Crippen LogP contribution < -0.4 is 5.32 Å². The van der Waals surface area contributed by atoms with Crippen LogP contribution in [0.3, 0.4) is 0 Å². The van der Waals surface area contributed by atoms with Crippen LogP contribution in [-0.4, -0.2) is 24.7 Å². The van der Waals surface area contributed by atoms with Gasteiger partial charge in [0.2, 0.25) is 5.91 Å². The van der Waals surface area contributed by atoms with Crippen molar-refractivity contribution in [2.75, 3.05) is 7.11 Å². The van der Waals surface area contributed by atoms with Crippen LogP contribution in [0, 0.1) is 17.8 Å². The summed E-state index contributed by atoms with van der Waals surface area (Å²) in [4.78, 5) is 13.1. The van der Waals surface area contributed by atoms with E-state index in [2.05, 4.69) is 17.4 Å². The molecule has 0 saturated heterocycles.